The standard InChI is InChI=1S/C24H26ClFN6O/c1-15-6-20(29-31(15)12-18-4-2-3-5-19(18)26)28-21(33)23-8-16-7-17(9-23)11-24(10-16,13-23)32-14-27-22(25)30-32/h2-6,14,16-17H,7-13H2,1H3,(H,28,29,33). The highest BCUT2D eigenvalue weighted by Gasteiger charge is 2.61. The minimum absolute atomic E-state index is 0.0303. The van der Waals surface area contributed by atoms with E-state index >= 15 is 0 Å². The Kier molecular flexibility index (Phi) is 4.66. The molecule has 2 heterocycles. The minimum atomic E-state index is -0.439. The third kappa shape index (κ3) is 3.46. The summed E-state index contributed by atoms with van der Waals surface area (Å²) in [5.41, 5.74) is 0.803. The monoisotopic (exact) mass is 468 g/mol. The molecule has 9 heteroatoms. The van der Waals surface area contributed by atoms with Gasteiger partial charge in [0.2, 0.25) is 11.2 Å². The Bertz CT molecular complexity index is 1220. The van der Waals surface area contributed by atoms with E-state index in [2.05, 4.69) is 20.5 Å². The average Bonchev–Trinajstić information content (AvgIpc) is 3.34. The fraction of sp³-hybridized carbons (Fsp3) is 0.500. The van der Waals surface area contributed by atoms with Gasteiger partial charge in [-0.2, -0.15) is 5.10 Å². The van der Waals surface area contributed by atoms with Crippen molar-refractivity contribution in [1.29, 1.82) is 0 Å². The molecule has 33 heavy (non-hydrogen) atoms. The van der Waals surface area contributed by atoms with E-state index in [1.165, 1.54) is 12.5 Å². The molecule has 1 aromatic carbocycles. The van der Waals surface area contributed by atoms with E-state index in [-0.39, 0.29) is 22.5 Å². The Hall–Kier alpha value is -2.74. The van der Waals surface area contributed by atoms with Crippen LogP contribution >= 0.6 is 11.6 Å². The lowest BCUT2D eigenvalue weighted by Crippen LogP contribution is -2.60. The van der Waals surface area contributed by atoms with Gasteiger partial charge in [0.25, 0.3) is 0 Å². The fourth-order valence-electron chi connectivity index (χ4n) is 6.99. The number of aromatic nitrogens is 5. The molecule has 1 N–H and O–H groups in total. The van der Waals surface area contributed by atoms with Crippen LogP contribution in [0.1, 0.15) is 49.8 Å². The normalized spacial score (nSPS) is 30.0. The highest BCUT2D eigenvalue weighted by atomic mass is 35.5. The first-order valence-corrected chi connectivity index (χ1v) is 11.9. The summed E-state index contributed by atoms with van der Waals surface area (Å²) in [4.78, 5) is 17.8. The number of amides is 1. The van der Waals surface area contributed by atoms with Crippen LogP contribution in [-0.2, 0) is 16.9 Å². The van der Waals surface area contributed by atoms with Crippen molar-refractivity contribution in [3.8, 4) is 0 Å². The van der Waals surface area contributed by atoms with E-state index in [0.717, 1.165) is 37.8 Å². The van der Waals surface area contributed by atoms with Gasteiger partial charge in [-0.25, -0.2) is 14.1 Å². The van der Waals surface area contributed by atoms with Crippen molar-refractivity contribution < 1.29 is 9.18 Å². The smallest absolute Gasteiger partial charge is 0.242 e. The van der Waals surface area contributed by atoms with Crippen molar-refractivity contribution in [2.24, 2.45) is 17.3 Å². The second kappa shape index (κ2) is 7.38. The summed E-state index contributed by atoms with van der Waals surface area (Å²) in [6, 6.07) is 8.53. The predicted molar refractivity (Wildman–Crippen MR) is 121 cm³/mol. The largest absolute Gasteiger partial charge is 0.309 e. The molecular weight excluding hydrogens is 443 g/mol. The highest BCUT2D eigenvalue weighted by molar-refractivity contribution is 6.28. The summed E-state index contributed by atoms with van der Waals surface area (Å²) in [6.07, 6.45) is 7.48. The molecule has 3 aromatic rings. The van der Waals surface area contributed by atoms with Gasteiger partial charge in [0.15, 0.2) is 5.82 Å². The van der Waals surface area contributed by atoms with Crippen molar-refractivity contribution >= 4 is 23.3 Å². The maximum absolute atomic E-state index is 14.1. The lowest BCUT2D eigenvalue weighted by molar-refractivity contribution is -0.150. The average molecular weight is 469 g/mol. The van der Waals surface area contributed by atoms with Crippen LogP contribution < -0.4 is 5.32 Å². The number of carbonyl (C=O) groups is 1. The number of carbonyl (C=O) groups excluding carboxylic acids is 1. The molecule has 0 radical (unpaired) electrons. The zero-order valence-corrected chi connectivity index (χ0v) is 19.2. The lowest BCUT2D eigenvalue weighted by atomic mass is 9.46. The van der Waals surface area contributed by atoms with Crippen LogP contribution in [0.5, 0.6) is 0 Å². The maximum Gasteiger partial charge on any atom is 0.242 e. The number of aryl methyl sites for hydroxylation is 1. The third-order valence-corrected chi connectivity index (χ3v) is 8.14. The molecule has 4 fully saturated rings. The Morgan fingerprint density at radius 3 is 2.67 bits per heavy atom. The van der Waals surface area contributed by atoms with Crippen LogP contribution in [-0.4, -0.2) is 30.5 Å². The van der Waals surface area contributed by atoms with Gasteiger partial charge in [0.05, 0.1) is 17.5 Å². The van der Waals surface area contributed by atoms with Gasteiger partial charge < -0.3 is 5.32 Å². The Morgan fingerprint density at radius 2 is 1.97 bits per heavy atom. The maximum atomic E-state index is 14.1. The summed E-state index contributed by atoms with van der Waals surface area (Å²) in [7, 11) is 0. The number of benzene rings is 1. The molecule has 1 amide bonds. The molecule has 7 rings (SSSR count). The van der Waals surface area contributed by atoms with E-state index in [1.807, 2.05) is 23.7 Å². The number of anilines is 1. The molecule has 0 spiro atoms. The number of hydrogen-bond acceptors (Lipinski definition) is 4. The molecule has 4 aliphatic carbocycles. The van der Waals surface area contributed by atoms with Crippen LogP contribution in [0.25, 0.3) is 0 Å². The van der Waals surface area contributed by atoms with Crippen LogP contribution in [0.4, 0.5) is 10.2 Å². The van der Waals surface area contributed by atoms with Gasteiger partial charge in [0, 0.05) is 17.3 Å². The molecular formula is C24H26ClFN6O. The third-order valence-electron chi connectivity index (χ3n) is 7.96. The fourth-order valence-corrected chi connectivity index (χ4v) is 7.11. The number of nitrogens with one attached hydrogen (secondary N) is 1. The predicted octanol–water partition coefficient (Wildman–Crippen LogP) is 4.56. The lowest BCUT2D eigenvalue weighted by Gasteiger charge is -2.60. The molecule has 2 atom stereocenters. The molecule has 2 aromatic heterocycles. The molecule has 172 valence electrons. The van der Waals surface area contributed by atoms with E-state index in [1.54, 1.807) is 23.1 Å². The molecule has 0 saturated heterocycles. The van der Waals surface area contributed by atoms with Crippen LogP contribution in [0, 0.1) is 30.0 Å². The minimum Gasteiger partial charge on any atom is -0.309 e. The van der Waals surface area contributed by atoms with Gasteiger partial charge in [-0.15, -0.1) is 5.10 Å². The first-order chi connectivity index (χ1) is 15.8. The van der Waals surface area contributed by atoms with Gasteiger partial charge in [-0.05, 0) is 75.0 Å². The second-order valence-electron chi connectivity index (χ2n) is 10.3. The summed E-state index contributed by atoms with van der Waals surface area (Å²) in [5, 5.41) is 12.3. The second-order valence-corrected chi connectivity index (χ2v) is 10.6. The van der Waals surface area contributed by atoms with Crippen molar-refractivity contribution in [2.45, 2.75) is 57.5 Å². The van der Waals surface area contributed by atoms with Crippen LogP contribution in [0.15, 0.2) is 36.7 Å². The molecule has 2 unspecified atom stereocenters. The van der Waals surface area contributed by atoms with Crippen molar-refractivity contribution in [1.82, 2.24) is 24.5 Å². The van der Waals surface area contributed by atoms with E-state index in [0.29, 0.717) is 29.8 Å². The summed E-state index contributed by atoms with van der Waals surface area (Å²) in [5.74, 6) is 1.29. The number of hydrogen-bond donors (Lipinski definition) is 1. The SMILES string of the molecule is Cc1cc(NC(=O)C23CC4CC(C2)CC(n2cnc(Cl)n2)(C4)C3)nn1Cc1ccccc1F. The van der Waals surface area contributed by atoms with Crippen molar-refractivity contribution in [3.05, 3.63) is 59.0 Å². The van der Waals surface area contributed by atoms with E-state index in [9.17, 15) is 9.18 Å². The van der Waals surface area contributed by atoms with Gasteiger partial charge in [-0.1, -0.05) is 18.2 Å². The van der Waals surface area contributed by atoms with Gasteiger partial charge >= 0.3 is 0 Å². The number of halogens is 2. The van der Waals surface area contributed by atoms with Crippen LogP contribution in [0.3, 0.4) is 0 Å². The molecule has 4 saturated carbocycles. The molecule has 4 bridgehead atoms. The topological polar surface area (TPSA) is 77.6 Å². The quantitative estimate of drug-likeness (QED) is 0.595. The first kappa shape index (κ1) is 20.8. The Labute approximate surface area is 196 Å². The molecule has 7 nitrogen and oxygen atoms in total. The summed E-state index contributed by atoms with van der Waals surface area (Å²) < 4.78 is 17.7. The zero-order valence-electron chi connectivity index (χ0n) is 18.5. The summed E-state index contributed by atoms with van der Waals surface area (Å²) >= 11 is 6.03. The number of nitrogens with zero attached hydrogens (tertiary/aromatic N) is 5. The Morgan fingerprint density at radius 1 is 1.21 bits per heavy atom. The van der Waals surface area contributed by atoms with E-state index in [4.69, 9.17) is 11.6 Å². The highest BCUT2D eigenvalue weighted by Crippen LogP contribution is 2.64. The summed E-state index contributed by atoms with van der Waals surface area (Å²) in [6.45, 7) is 2.23. The van der Waals surface area contributed by atoms with Gasteiger partial charge in [0.1, 0.15) is 12.1 Å². The molecule has 0 aliphatic heterocycles. The van der Waals surface area contributed by atoms with Crippen LogP contribution in [0.2, 0.25) is 5.28 Å². The zero-order chi connectivity index (χ0) is 22.8. The van der Waals surface area contributed by atoms with Crippen molar-refractivity contribution in [3.63, 3.8) is 0 Å². The van der Waals surface area contributed by atoms with E-state index < -0.39 is 5.41 Å². The first-order valence-electron chi connectivity index (χ1n) is 11.5. The van der Waals surface area contributed by atoms with Crippen molar-refractivity contribution in [2.75, 3.05) is 5.32 Å². The molecule has 4 aliphatic rings. The Balaban J connectivity index is 1.25. The number of rotatable bonds is 5. The van der Waals surface area contributed by atoms with Gasteiger partial charge in [-0.3, -0.25) is 9.48 Å².